The highest BCUT2D eigenvalue weighted by Gasteiger charge is 2.13. The van der Waals surface area contributed by atoms with Crippen molar-refractivity contribution in [2.24, 2.45) is 0 Å². The molecule has 42 heavy (non-hydrogen) atoms. The number of unbranched alkanes of at least 4 members (excludes halogenated alkanes) is 6. The van der Waals surface area contributed by atoms with Crippen molar-refractivity contribution in [2.45, 2.75) is 96.5 Å². The molecule has 0 radical (unpaired) electrons. The van der Waals surface area contributed by atoms with Gasteiger partial charge in [0.2, 0.25) is 0 Å². The normalized spacial score (nSPS) is 12.4. The highest BCUT2D eigenvalue weighted by molar-refractivity contribution is 5.91. The van der Waals surface area contributed by atoms with E-state index < -0.39 is 5.97 Å². The van der Waals surface area contributed by atoms with Gasteiger partial charge in [-0.2, -0.15) is 0 Å². The second kappa shape index (κ2) is 21.5. The van der Waals surface area contributed by atoms with Crippen LogP contribution in [-0.4, -0.2) is 49.6 Å². The van der Waals surface area contributed by atoms with Gasteiger partial charge in [-0.25, -0.2) is 9.59 Å². The second-order valence-corrected chi connectivity index (χ2v) is 10.6. The van der Waals surface area contributed by atoms with Gasteiger partial charge in [-0.1, -0.05) is 45.4 Å². The lowest BCUT2D eigenvalue weighted by atomic mass is 9.94. The number of hydrogen-bond donors (Lipinski definition) is 1. The Morgan fingerprint density at radius 2 is 1.43 bits per heavy atom. The molecule has 0 bridgehead atoms. The molecular formula is C35H50O7. The monoisotopic (exact) mass is 582 g/mol. The highest BCUT2D eigenvalue weighted by Crippen LogP contribution is 2.25. The Bertz CT molecular complexity index is 1020. The molecule has 232 valence electrons. The average Bonchev–Trinajstić information content (AvgIpc) is 3.01. The molecule has 0 spiro atoms. The van der Waals surface area contributed by atoms with Gasteiger partial charge in [0.05, 0.1) is 24.9 Å². The van der Waals surface area contributed by atoms with E-state index in [1.165, 1.54) is 11.6 Å². The van der Waals surface area contributed by atoms with Gasteiger partial charge in [0.15, 0.2) is 0 Å². The molecule has 0 aliphatic rings. The third-order valence-electron chi connectivity index (χ3n) is 7.25. The quantitative estimate of drug-likeness (QED) is 0.0618. The lowest BCUT2D eigenvalue weighted by molar-refractivity contribution is -0.137. The van der Waals surface area contributed by atoms with Crippen molar-refractivity contribution in [3.8, 4) is 11.5 Å². The molecule has 0 saturated heterocycles. The standard InChI is InChI=1S/C35H50O7/c1-4-31(39-25-11-7-6-10-24-36)19-14-28(3)29-15-22-33(23-16-29)42-35(38)30-17-20-32(21-18-30)40-26-12-8-9-13-27-41-34(37)5-2/h5,15-18,20-23,28,31,36H,2,4,6-14,19,24-27H2,1,3H3. The third-order valence-corrected chi connectivity index (χ3v) is 7.25. The number of benzene rings is 2. The molecule has 2 unspecified atom stereocenters. The molecule has 2 aromatic carbocycles. The van der Waals surface area contributed by atoms with Crippen LogP contribution in [0.4, 0.5) is 0 Å². The Hall–Kier alpha value is -3.16. The van der Waals surface area contributed by atoms with Crippen LogP contribution in [0, 0.1) is 0 Å². The maximum Gasteiger partial charge on any atom is 0.343 e. The van der Waals surface area contributed by atoms with Gasteiger partial charge in [-0.15, -0.1) is 0 Å². The molecule has 2 atom stereocenters. The van der Waals surface area contributed by atoms with Gasteiger partial charge in [0.1, 0.15) is 11.5 Å². The van der Waals surface area contributed by atoms with E-state index >= 15 is 0 Å². The molecule has 0 aliphatic heterocycles. The molecule has 1 N–H and O–H groups in total. The number of carbonyl (C=O) groups is 2. The summed E-state index contributed by atoms with van der Waals surface area (Å²) in [7, 11) is 0. The van der Waals surface area contributed by atoms with Crippen LogP contribution in [0.2, 0.25) is 0 Å². The third kappa shape index (κ3) is 14.6. The van der Waals surface area contributed by atoms with Gasteiger partial charge < -0.3 is 24.1 Å². The molecule has 0 amide bonds. The van der Waals surface area contributed by atoms with E-state index in [1.807, 2.05) is 24.3 Å². The number of aliphatic hydroxyl groups is 1. The predicted molar refractivity (Wildman–Crippen MR) is 166 cm³/mol. The molecule has 7 heteroatoms. The second-order valence-electron chi connectivity index (χ2n) is 10.6. The van der Waals surface area contributed by atoms with Gasteiger partial charge >= 0.3 is 11.9 Å². The van der Waals surface area contributed by atoms with Crippen LogP contribution in [-0.2, 0) is 14.3 Å². The van der Waals surface area contributed by atoms with E-state index in [-0.39, 0.29) is 18.7 Å². The number of rotatable bonds is 23. The maximum absolute atomic E-state index is 12.6. The maximum atomic E-state index is 12.6. The largest absolute Gasteiger partial charge is 0.494 e. The Morgan fingerprint density at radius 3 is 2.07 bits per heavy atom. The van der Waals surface area contributed by atoms with E-state index in [2.05, 4.69) is 20.4 Å². The van der Waals surface area contributed by atoms with E-state index in [4.69, 9.17) is 24.1 Å². The fraction of sp³-hybridized carbons (Fsp3) is 0.543. The van der Waals surface area contributed by atoms with E-state index in [1.54, 1.807) is 24.3 Å². The van der Waals surface area contributed by atoms with Crippen molar-refractivity contribution < 1.29 is 33.6 Å². The summed E-state index contributed by atoms with van der Waals surface area (Å²) in [6.07, 6.45) is 12.2. The van der Waals surface area contributed by atoms with Crippen molar-refractivity contribution >= 4 is 11.9 Å². The Balaban J connectivity index is 1.67. The van der Waals surface area contributed by atoms with Crippen LogP contribution in [0.15, 0.2) is 61.2 Å². The first-order valence-electron chi connectivity index (χ1n) is 15.5. The summed E-state index contributed by atoms with van der Waals surface area (Å²) in [5.41, 5.74) is 1.68. The van der Waals surface area contributed by atoms with Crippen molar-refractivity contribution in [2.75, 3.05) is 26.4 Å². The zero-order chi connectivity index (χ0) is 30.4. The molecule has 2 rings (SSSR count). The number of hydrogen-bond acceptors (Lipinski definition) is 7. The number of aliphatic hydroxyl groups excluding tert-OH is 1. The zero-order valence-electron chi connectivity index (χ0n) is 25.6. The van der Waals surface area contributed by atoms with Gasteiger partial charge in [0.25, 0.3) is 0 Å². The fourth-order valence-electron chi connectivity index (χ4n) is 4.52. The molecule has 0 aromatic heterocycles. The van der Waals surface area contributed by atoms with E-state index in [9.17, 15) is 9.59 Å². The Kier molecular flexibility index (Phi) is 18.0. The molecule has 0 heterocycles. The van der Waals surface area contributed by atoms with Crippen molar-refractivity contribution in [1.82, 2.24) is 0 Å². The first-order valence-corrected chi connectivity index (χ1v) is 15.5. The zero-order valence-corrected chi connectivity index (χ0v) is 25.6. The van der Waals surface area contributed by atoms with E-state index in [0.29, 0.717) is 36.2 Å². The number of ether oxygens (including phenoxy) is 4. The topological polar surface area (TPSA) is 91.3 Å². The molecule has 0 fully saturated rings. The summed E-state index contributed by atoms with van der Waals surface area (Å²) in [4.78, 5) is 23.6. The highest BCUT2D eigenvalue weighted by atomic mass is 16.5. The van der Waals surface area contributed by atoms with Crippen LogP contribution >= 0.6 is 0 Å². The minimum atomic E-state index is -0.404. The van der Waals surface area contributed by atoms with Crippen LogP contribution in [0.3, 0.4) is 0 Å². The van der Waals surface area contributed by atoms with Crippen LogP contribution < -0.4 is 9.47 Å². The summed E-state index contributed by atoms with van der Waals surface area (Å²) in [5.74, 6) is 0.820. The number of carbonyl (C=O) groups excluding carboxylic acids is 2. The molecule has 2 aromatic rings. The summed E-state index contributed by atoms with van der Waals surface area (Å²) >= 11 is 0. The van der Waals surface area contributed by atoms with Crippen LogP contribution in [0.5, 0.6) is 11.5 Å². The minimum Gasteiger partial charge on any atom is -0.494 e. The predicted octanol–water partition coefficient (Wildman–Crippen LogP) is 7.81. The lowest BCUT2D eigenvalue weighted by Gasteiger charge is -2.19. The first-order chi connectivity index (χ1) is 20.5. The minimum absolute atomic E-state index is 0.271. The van der Waals surface area contributed by atoms with Crippen molar-refractivity contribution in [3.63, 3.8) is 0 Å². The average molecular weight is 583 g/mol. The Labute approximate surface area is 252 Å². The summed E-state index contributed by atoms with van der Waals surface area (Å²) in [6.45, 7) is 9.81. The lowest BCUT2D eigenvalue weighted by Crippen LogP contribution is -2.14. The summed E-state index contributed by atoms with van der Waals surface area (Å²) in [5, 5.41) is 8.87. The molecular weight excluding hydrogens is 532 g/mol. The van der Waals surface area contributed by atoms with Crippen LogP contribution in [0.25, 0.3) is 0 Å². The smallest absolute Gasteiger partial charge is 0.343 e. The van der Waals surface area contributed by atoms with Gasteiger partial charge in [-0.3, -0.25) is 0 Å². The van der Waals surface area contributed by atoms with E-state index in [0.717, 1.165) is 77.2 Å². The SMILES string of the molecule is C=CC(=O)OCCCCCCOc1ccc(C(=O)Oc2ccc(C(C)CCC(CC)OCCCCCCO)cc2)cc1. The molecule has 0 aliphatic carbocycles. The fourth-order valence-corrected chi connectivity index (χ4v) is 4.52. The molecule has 0 saturated carbocycles. The molecule has 7 nitrogen and oxygen atoms in total. The van der Waals surface area contributed by atoms with Crippen LogP contribution in [0.1, 0.15) is 106 Å². The summed E-state index contributed by atoms with van der Waals surface area (Å²) in [6, 6.07) is 14.7. The van der Waals surface area contributed by atoms with Crippen molar-refractivity contribution in [1.29, 1.82) is 0 Å². The van der Waals surface area contributed by atoms with Crippen molar-refractivity contribution in [3.05, 3.63) is 72.3 Å². The Morgan fingerprint density at radius 1 is 0.810 bits per heavy atom. The van der Waals surface area contributed by atoms with Gasteiger partial charge in [-0.05, 0) is 106 Å². The number of esters is 2. The van der Waals surface area contributed by atoms with Gasteiger partial charge in [0, 0.05) is 19.3 Å². The summed E-state index contributed by atoms with van der Waals surface area (Å²) < 4.78 is 22.4. The first kappa shape index (κ1) is 35.0.